The Kier molecular flexibility index (Phi) is 3.38. The molecule has 8 nitrogen and oxygen atoms in total. The van der Waals surface area contributed by atoms with Crippen molar-refractivity contribution in [3.8, 4) is 0 Å². The number of aromatic nitrogens is 5. The highest BCUT2D eigenvalue weighted by Crippen LogP contribution is 1.93. The highest BCUT2D eigenvalue weighted by molar-refractivity contribution is 5.00. The lowest BCUT2D eigenvalue weighted by atomic mass is 10.4. The smallest absolute Gasteiger partial charge is 0.328 e. The van der Waals surface area contributed by atoms with Gasteiger partial charge in [0.05, 0.1) is 19.3 Å². The maximum Gasteiger partial charge on any atom is 0.328 e. The van der Waals surface area contributed by atoms with Gasteiger partial charge in [-0.1, -0.05) is 5.21 Å². The molecule has 0 amide bonds. The van der Waals surface area contributed by atoms with E-state index in [-0.39, 0.29) is 12.2 Å². The fraction of sp³-hybridized carbons (Fsp3) is 0.400. The fourth-order valence-electron chi connectivity index (χ4n) is 1.52. The Bertz CT molecular complexity index is 654. The van der Waals surface area contributed by atoms with Crippen LogP contribution in [0.4, 0.5) is 0 Å². The molecule has 2 rings (SSSR count). The molecule has 2 aromatic rings. The van der Waals surface area contributed by atoms with Crippen LogP contribution in [0.25, 0.3) is 0 Å². The molecule has 0 aliphatic heterocycles. The summed E-state index contributed by atoms with van der Waals surface area (Å²) in [5.74, 6) is 0. The molecule has 0 saturated heterocycles. The maximum atomic E-state index is 11.5. The predicted octanol–water partition coefficient (Wildman–Crippen LogP) is -1.37. The van der Waals surface area contributed by atoms with E-state index in [1.54, 1.807) is 13.1 Å². The number of H-pyrrole nitrogens is 1. The Morgan fingerprint density at radius 1 is 1.33 bits per heavy atom. The van der Waals surface area contributed by atoms with Crippen LogP contribution in [-0.2, 0) is 19.7 Å². The lowest BCUT2D eigenvalue weighted by molar-refractivity contribution is 0.276. The third-order valence-corrected chi connectivity index (χ3v) is 2.51. The van der Waals surface area contributed by atoms with Crippen LogP contribution in [0, 0.1) is 6.92 Å². The number of aromatic amines is 1. The van der Waals surface area contributed by atoms with Crippen molar-refractivity contribution in [3.63, 3.8) is 0 Å². The minimum Gasteiger partial charge on any atom is -0.390 e. The summed E-state index contributed by atoms with van der Waals surface area (Å²) < 4.78 is 2.93. The second-order valence-corrected chi connectivity index (χ2v) is 3.90. The van der Waals surface area contributed by atoms with Crippen molar-refractivity contribution in [2.24, 2.45) is 0 Å². The van der Waals surface area contributed by atoms with Gasteiger partial charge in [0.25, 0.3) is 5.56 Å². The Morgan fingerprint density at radius 3 is 2.78 bits per heavy atom. The molecule has 18 heavy (non-hydrogen) atoms. The number of nitrogens with zero attached hydrogens (tertiary/aromatic N) is 4. The summed E-state index contributed by atoms with van der Waals surface area (Å²) in [5.41, 5.74) is 0.122. The van der Waals surface area contributed by atoms with E-state index in [1.165, 1.54) is 15.4 Å². The molecule has 0 bridgehead atoms. The van der Waals surface area contributed by atoms with Crippen LogP contribution in [0.2, 0.25) is 0 Å². The van der Waals surface area contributed by atoms with E-state index in [1.807, 2.05) is 0 Å². The fourth-order valence-corrected chi connectivity index (χ4v) is 1.52. The first-order valence-corrected chi connectivity index (χ1v) is 5.40. The molecule has 0 unspecified atom stereocenters. The molecule has 0 radical (unpaired) electrons. The number of hydrogen-bond donors (Lipinski definition) is 2. The quantitative estimate of drug-likeness (QED) is 0.697. The van der Waals surface area contributed by atoms with Gasteiger partial charge in [-0.15, -0.1) is 5.10 Å². The molecule has 0 fully saturated rings. The molecule has 8 heteroatoms. The van der Waals surface area contributed by atoms with E-state index in [0.717, 1.165) is 0 Å². The SMILES string of the molecule is Cc1cn(CCn2cc(CO)nn2)c(=O)[nH]c1=O. The molecule has 0 aliphatic carbocycles. The summed E-state index contributed by atoms with van der Waals surface area (Å²) in [6.45, 7) is 2.26. The van der Waals surface area contributed by atoms with Gasteiger partial charge in [0.2, 0.25) is 0 Å². The minimum absolute atomic E-state index is 0.169. The number of aliphatic hydroxyl groups excluding tert-OH is 1. The van der Waals surface area contributed by atoms with Crippen LogP contribution in [0.3, 0.4) is 0 Å². The number of aliphatic hydroxyl groups is 1. The Labute approximate surface area is 102 Å². The molecule has 96 valence electrons. The molecule has 0 aromatic carbocycles. The van der Waals surface area contributed by atoms with Gasteiger partial charge in [-0.25, -0.2) is 4.79 Å². The second-order valence-electron chi connectivity index (χ2n) is 3.90. The monoisotopic (exact) mass is 251 g/mol. The summed E-state index contributed by atoms with van der Waals surface area (Å²) in [7, 11) is 0. The normalized spacial score (nSPS) is 10.8. The van der Waals surface area contributed by atoms with Gasteiger partial charge in [-0.05, 0) is 6.92 Å². The van der Waals surface area contributed by atoms with Gasteiger partial charge in [0, 0.05) is 18.3 Å². The highest BCUT2D eigenvalue weighted by Gasteiger charge is 2.02. The third-order valence-electron chi connectivity index (χ3n) is 2.51. The van der Waals surface area contributed by atoms with Crippen molar-refractivity contribution in [2.45, 2.75) is 26.6 Å². The standard InChI is InChI=1S/C10H13N5O3/c1-7-4-14(10(18)11-9(7)17)2-3-15-5-8(6-16)12-13-15/h4-5,16H,2-3,6H2,1H3,(H,11,17,18). The van der Waals surface area contributed by atoms with E-state index in [9.17, 15) is 9.59 Å². The first-order valence-electron chi connectivity index (χ1n) is 5.40. The van der Waals surface area contributed by atoms with Gasteiger partial charge in [0.15, 0.2) is 0 Å². The molecule has 2 heterocycles. The maximum absolute atomic E-state index is 11.5. The van der Waals surface area contributed by atoms with Gasteiger partial charge >= 0.3 is 5.69 Å². The van der Waals surface area contributed by atoms with Crippen LogP contribution >= 0.6 is 0 Å². The summed E-state index contributed by atoms with van der Waals surface area (Å²) in [6, 6.07) is 0. The van der Waals surface area contributed by atoms with Crippen LogP contribution in [0.5, 0.6) is 0 Å². The van der Waals surface area contributed by atoms with Crippen LogP contribution < -0.4 is 11.2 Å². The number of rotatable bonds is 4. The zero-order valence-corrected chi connectivity index (χ0v) is 9.83. The molecule has 0 atom stereocenters. The lowest BCUT2D eigenvalue weighted by Gasteiger charge is -2.05. The Hall–Kier alpha value is -2.22. The van der Waals surface area contributed by atoms with Gasteiger partial charge in [-0.2, -0.15) is 0 Å². The summed E-state index contributed by atoms with van der Waals surface area (Å²) in [4.78, 5) is 24.9. The summed E-state index contributed by atoms with van der Waals surface area (Å²) in [5, 5.41) is 16.3. The first kappa shape index (κ1) is 12.2. The van der Waals surface area contributed by atoms with Crippen LogP contribution in [0.15, 0.2) is 22.0 Å². The van der Waals surface area contributed by atoms with Crippen LogP contribution in [-0.4, -0.2) is 29.7 Å². The lowest BCUT2D eigenvalue weighted by Crippen LogP contribution is -2.31. The Morgan fingerprint density at radius 2 is 2.11 bits per heavy atom. The molecule has 0 saturated carbocycles. The van der Waals surface area contributed by atoms with E-state index in [0.29, 0.717) is 24.3 Å². The third kappa shape index (κ3) is 2.54. The Balaban J connectivity index is 2.13. The summed E-state index contributed by atoms with van der Waals surface area (Å²) in [6.07, 6.45) is 3.11. The van der Waals surface area contributed by atoms with Gasteiger partial charge in [-0.3, -0.25) is 19.0 Å². The van der Waals surface area contributed by atoms with Crippen molar-refractivity contribution in [1.82, 2.24) is 24.5 Å². The highest BCUT2D eigenvalue weighted by atomic mass is 16.3. The topological polar surface area (TPSA) is 106 Å². The molecule has 0 aliphatic rings. The average Bonchev–Trinajstić information content (AvgIpc) is 2.80. The largest absolute Gasteiger partial charge is 0.390 e. The molecule has 0 spiro atoms. The van der Waals surface area contributed by atoms with Crippen LogP contribution in [0.1, 0.15) is 11.3 Å². The van der Waals surface area contributed by atoms with E-state index in [2.05, 4.69) is 15.3 Å². The van der Waals surface area contributed by atoms with Crippen molar-refractivity contribution >= 4 is 0 Å². The minimum atomic E-state index is -0.451. The zero-order chi connectivity index (χ0) is 13.1. The zero-order valence-electron chi connectivity index (χ0n) is 9.83. The van der Waals surface area contributed by atoms with Gasteiger partial charge in [0.1, 0.15) is 5.69 Å². The van der Waals surface area contributed by atoms with E-state index < -0.39 is 5.69 Å². The van der Waals surface area contributed by atoms with Crippen molar-refractivity contribution in [1.29, 1.82) is 0 Å². The number of nitrogens with one attached hydrogen (secondary N) is 1. The molecular formula is C10H13N5O3. The summed E-state index contributed by atoms with van der Waals surface area (Å²) >= 11 is 0. The average molecular weight is 251 g/mol. The first-order chi connectivity index (χ1) is 8.60. The van der Waals surface area contributed by atoms with E-state index >= 15 is 0 Å². The number of aryl methyl sites for hydroxylation is 3. The number of hydrogen-bond acceptors (Lipinski definition) is 5. The second kappa shape index (κ2) is 4.96. The van der Waals surface area contributed by atoms with Gasteiger partial charge < -0.3 is 5.11 Å². The van der Waals surface area contributed by atoms with Crippen molar-refractivity contribution < 1.29 is 5.11 Å². The molecule has 2 aromatic heterocycles. The van der Waals surface area contributed by atoms with E-state index in [4.69, 9.17) is 5.11 Å². The molecular weight excluding hydrogens is 238 g/mol. The van der Waals surface area contributed by atoms with Crippen molar-refractivity contribution in [3.05, 3.63) is 44.5 Å². The van der Waals surface area contributed by atoms with Crippen molar-refractivity contribution in [2.75, 3.05) is 0 Å². The predicted molar refractivity (Wildman–Crippen MR) is 62.0 cm³/mol. The molecule has 2 N–H and O–H groups in total.